The molecule has 4 heteroatoms. The molecule has 0 spiro atoms. The summed E-state index contributed by atoms with van der Waals surface area (Å²) in [6.45, 7) is 4.68. The SMILES string of the molecule is C[C@H](c1ccccc1)N1CC[C@H]2CN(C(=O)O)C[C@H]21. The first-order chi connectivity index (χ1) is 9.16. The number of likely N-dealkylation sites (tertiary alicyclic amines) is 2. The van der Waals surface area contributed by atoms with Gasteiger partial charge in [-0.05, 0) is 31.4 Å². The lowest BCUT2D eigenvalue weighted by Crippen LogP contribution is -2.38. The Kier molecular flexibility index (Phi) is 3.19. The van der Waals surface area contributed by atoms with Crippen LogP contribution in [0.2, 0.25) is 0 Å². The van der Waals surface area contributed by atoms with E-state index in [0.717, 1.165) is 13.0 Å². The highest BCUT2D eigenvalue weighted by atomic mass is 16.4. The van der Waals surface area contributed by atoms with Gasteiger partial charge in [0, 0.05) is 25.2 Å². The van der Waals surface area contributed by atoms with Crippen molar-refractivity contribution in [1.82, 2.24) is 9.80 Å². The van der Waals surface area contributed by atoms with Crippen molar-refractivity contribution in [2.75, 3.05) is 19.6 Å². The summed E-state index contributed by atoms with van der Waals surface area (Å²) < 4.78 is 0. The second kappa shape index (κ2) is 4.85. The fourth-order valence-electron chi connectivity index (χ4n) is 3.55. The zero-order valence-electron chi connectivity index (χ0n) is 11.2. The molecule has 1 amide bonds. The minimum atomic E-state index is -0.776. The van der Waals surface area contributed by atoms with Crippen molar-refractivity contribution >= 4 is 6.09 Å². The standard InChI is InChI=1S/C15H20N2O2/c1-11(12-5-3-2-4-6-12)17-8-7-13-9-16(15(18)19)10-14(13)17/h2-6,11,13-14H,7-10H2,1H3,(H,18,19)/t11-,13+,14-/m1/s1. The Morgan fingerprint density at radius 3 is 2.74 bits per heavy atom. The summed E-state index contributed by atoms with van der Waals surface area (Å²) in [5, 5.41) is 9.12. The number of carbonyl (C=O) groups is 1. The Labute approximate surface area is 113 Å². The molecule has 3 rings (SSSR count). The number of hydrogen-bond acceptors (Lipinski definition) is 2. The highest BCUT2D eigenvalue weighted by molar-refractivity contribution is 5.65. The highest BCUT2D eigenvalue weighted by Gasteiger charge is 2.44. The summed E-state index contributed by atoms with van der Waals surface area (Å²) in [6, 6.07) is 11.2. The highest BCUT2D eigenvalue weighted by Crippen LogP contribution is 2.36. The molecule has 2 saturated heterocycles. The number of benzene rings is 1. The molecule has 0 aliphatic carbocycles. The van der Waals surface area contributed by atoms with Crippen LogP contribution in [-0.4, -0.2) is 46.7 Å². The lowest BCUT2D eigenvalue weighted by molar-refractivity contribution is 0.140. The first-order valence-corrected chi connectivity index (χ1v) is 6.95. The molecule has 0 saturated carbocycles. The molecular formula is C15H20N2O2. The average Bonchev–Trinajstić information content (AvgIpc) is 2.98. The number of rotatable bonds is 2. The lowest BCUT2D eigenvalue weighted by Gasteiger charge is -2.30. The summed E-state index contributed by atoms with van der Waals surface area (Å²) in [6.07, 6.45) is 0.340. The maximum Gasteiger partial charge on any atom is 0.407 e. The van der Waals surface area contributed by atoms with Gasteiger partial charge in [-0.1, -0.05) is 30.3 Å². The summed E-state index contributed by atoms with van der Waals surface area (Å²) in [5.74, 6) is 0.516. The fraction of sp³-hybridized carbons (Fsp3) is 0.533. The number of hydrogen-bond donors (Lipinski definition) is 1. The number of nitrogens with zero attached hydrogens (tertiary/aromatic N) is 2. The molecule has 2 fully saturated rings. The largest absolute Gasteiger partial charge is 0.465 e. The van der Waals surface area contributed by atoms with Gasteiger partial charge in [0.15, 0.2) is 0 Å². The third kappa shape index (κ3) is 2.21. The molecule has 1 N–H and O–H groups in total. The molecule has 0 aromatic heterocycles. The van der Waals surface area contributed by atoms with Gasteiger partial charge >= 0.3 is 6.09 Å². The Morgan fingerprint density at radius 2 is 2.05 bits per heavy atom. The Balaban J connectivity index is 1.75. The number of carboxylic acid groups (broad SMARTS) is 1. The van der Waals surface area contributed by atoms with Crippen molar-refractivity contribution in [3.63, 3.8) is 0 Å². The number of amides is 1. The molecule has 2 heterocycles. The van der Waals surface area contributed by atoms with E-state index < -0.39 is 6.09 Å². The van der Waals surface area contributed by atoms with E-state index >= 15 is 0 Å². The summed E-state index contributed by atoms with van der Waals surface area (Å²) in [5.41, 5.74) is 1.32. The van der Waals surface area contributed by atoms with Gasteiger partial charge in [0.2, 0.25) is 0 Å². The monoisotopic (exact) mass is 260 g/mol. The van der Waals surface area contributed by atoms with Gasteiger partial charge in [0.1, 0.15) is 0 Å². The predicted octanol–water partition coefficient (Wildman–Crippen LogP) is 2.43. The zero-order chi connectivity index (χ0) is 13.4. The molecule has 1 aromatic rings. The van der Waals surface area contributed by atoms with Crippen LogP contribution in [0.15, 0.2) is 30.3 Å². The topological polar surface area (TPSA) is 43.8 Å². The summed E-state index contributed by atoms with van der Waals surface area (Å²) in [4.78, 5) is 15.1. The van der Waals surface area contributed by atoms with Gasteiger partial charge < -0.3 is 10.0 Å². The van der Waals surface area contributed by atoms with Gasteiger partial charge in [-0.2, -0.15) is 0 Å². The van der Waals surface area contributed by atoms with Gasteiger partial charge in [0.05, 0.1) is 0 Å². The van der Waals surface area contributed by atoms with E-state index in [-0.39, 0.29) is 0 Å². The van der Waals surface area contributed by atoms with Gasteiger partial charge in [-0.25, -0.2) is 4.79 Å². The van der Waals surface area contributed by atoms with Crippen molar-refractivity contribution < 1.29 is 9.90 Å². The second-order valence-corrected chi connectivity index (χ2v) is 5.63. The van der Waals surface area contributed by atoms with Gasteiger partial charge in [-0.15, -0.1) is 0 Å². The molecule has 1 aromatic carbocycles. The molecule has 2 aliphatic heterocycles. The van der Waals surface area contributed by atoms with E-state index in [1.54, 1.807) is 4.90 Å². The first-order valence-electron chi connectivity index (χ1n) is 6.95. The Hall–Kier alpha value is -1.55. The molecule has 19 heavy (non-hydrogen) atoms. The van der Waals surface area contributed by atoms with Crippen LogP contribution < -0.4 is 0 Å². The van der Waals surface area contributed by atoms with Gasteiger partial charge in [0.25, 0.3) is 0 Å². The van der Waals surface area contributed by atoms with Crippen molar-refractivity contribution in [1.29, 1.82) is 0 Å². The smallest absolute Gasteiger partial charge is 0.407 e. The molecule has 102 valence electrons. The van der Waals surface area contributed by atoms with Crippen molar-refractivity contribution in [2.24, 2.45) is 5.92 Å². The van der Waals surface area contributed by atoms with E-state index in [9.17, 15) is 4.79 Å². The van der Waals surface area contributed by atoms with E-state index in [1.807, 2.05) is 6.07 Å². The lowest BCUT2D eigenvalue weighted by atomic mass is 10.0. The first kappa shape index (κ1) is 12.5. The van der Waals surface area contributed by atoms with Crippen LogP contribution in [0, 0.1) is 5.92 Å². The van der Waals surface area contributed by atoms with E-state index in [1.165, 1.54) is 5.56 Å². The summed E-state index contributed by atoms with van der Waals surface area (Å²) in [7, 11) is 0. The van der Waals surface area contributed by atoms with Crippen molar-refractivity contribution in [3.8, 4) is 0 Å². The van der Waals surface area contributed by atoms with E-state index in [4.69, 9.17) is 5.11 Å². The van der Waals surface area contributed by atoms with Crippen LogP contribution in [-0.2, 0) is 0 Å². The summed E-state index contributed by atoms with van der Waals surface area (Å²) >= 11 is 0. The minimum Gasteiger partial charge on any atom is -0.465 e. The molecule has 0 bridgehead atoms. The van der Waals surface area contributed by atoms with Crippen LogP contribution >= 0.6 is 0 Å². The molecule has 2 aliphatic rings. The maximum absolute atomic E-state index is 11.1. The molecule has 0 unspecified atom stereocenters. The zero-order valence-corrected chi connectivity index (χ0v) is 11.2. The van der Waals surface area contributed by atoms with E-state index in [2.05, 4.69) is 36.1 Å². The average molecular weight is 260 g/mol. The quantitative estimate of drug-likeness (QED) is 0.888. The van der Waals surface area contributed by atoms with Crippen LogP contribution in [0.3, 0.4) is 0 Å². The Morgan fingerprint density at radius 1 is 1.32 bits per heavy atom. The second-order valence-electron chi connectivity index (χ2n) is 5.63. The van der Waals surface area contributed by atoms with Crippen LogP contribution in [0.5, 0.6) is 0 Å². The predicted molar refractivity (Wildman–Crippen MR) is 73.1 cm³/mol. The minimum absolute atomic E-state index is 0.366. The van der Waals surface area contributed by atoms with Crippen LogP contribution in [0.25, 0.3) is 0 Å². The van der Waals surface area contributed by atoms with Crippen molar-refractivity contribution in [2.45, 2.75) is 25.4 Å². The maximum atomic E-state index is 11.1. The van der Waals surface area contributed by atoms with Gasteiger partial charge in [-0.3, -0.25) is 4.90 Å². The van der Waals surface area contributed by atoms with Crippen molar-refractivity contribution in [3.05, 3.63) is 35.9 Å². The normalized spacial score (nSPS) is 28.4. The van der Waals surface area contributed by atoms with Crippen LogP contribution in [0.4, 0.5) is 4.79 Å². The van der Waals surface area contributed by atoms with Crippen LogP contribution in [0.1, 0.15) is 24.9 Å². The van der Waals surface area contributed by atoms with E-state index in [0.29, 0.717) is 31.1 Å². The third-order valence-electron chi connectivity index (χ3n) is 4.64. The fourth-order valence-corrected chi connectivity index (χ4v) is 3.55. The molecule has 4 nitrogen and oxygen atoms in total. The Bertz CT molecular complexity index is 462. The molecular weight excluding hydrogens is 240 g/mol. The molecule has 3 atom stereocenters. The number of fused-ring (bicyclic) bond motifs is 1. The third-order valence-corrected chi connectivity index (χ3v) is 4.64. The molecule has 0 radical (unpaired) electrons.